The van der Waals surface area contributed by atoms with Crippen LogP contribution in [0.5, 0.6) is 11.5 Å². The van der Waals surface area contributed by atoms with Gasteiger partial charge in [0.05, 0.1) is 13.2 Å². The first kappa shape index (κ1) is 24.5. The van der Waals surface area contributed by atoms with Crippen LogP contribution in [0.2, 0.25) is 0 Å². The second kappa shape index (κ2) is 12.8. The maximum atomic E-state index is 14.6. The van der Waals surface area contributed by atoms with Gasteiger partial charge in [0.15, 0.2) is 11.6 Å². The zero-order chi connectivity index (χ0) is 22.8. The maximum absolute atomic E-state index is 14.6. The fraction of sp³-hybridized carbons (Fsp3) is 0.556. The lowest BCUT2D eigenvalue weighted by molar-refractivity contribution is 0.178. The molecular formula is C27H36F2O3. The second-order valence-electron chi connectivity index (χ2n) is 8.80. The van der Waals surface area contributed by atoms with Crippen molar-refractivity contribution in [3.05, 3.63) is 48.0 Å². The summed E-state index contributed by atoms with van der Waals surface area (Å²) in [7, 11) is 1.63. The molecule has 1 fully saturated rings. The third kappa shape index (κ3) is 6.93. The van der Waals surface area contributed by atoms with Crippen molar-refractivity contribution < 1.29 is 23.0 Å². The third-order valence-corrected chi connectivity index (χ3v) is 6.36. The Morgan fingerprint density at radius 2 is 1.50 bits per heavy atom. The average Bonchev–Trinajstić information content (AvgIpc) is 2.82. The van der Waals surface area contributed by atoms with Gasteiger partial charge in [0.1, 0.15) is 5.75 Å². The predicted octanol–water partition coefficient (Wildman–Crippen LogP) is 7.42. The van der Waals surface area contributed by atoms with Crippen LogP contribution in [-0.4, -0.2) is 26.9 Å². The Morgan fingerprint density at radius 1 is 0.812 bits per heavy atom. The van der Waals surface area contributed by atoms with Gasteiger partial charge in [-0.15, -0.1) is 0 Å². The molecule has 3 rings (SSSR count). The molecule has 5 heteroatoms. The number of unbranched alkanes of at least 4 members (excludes halogenated alkanes) is 1. The van der Waals surface area contributed by atoms with Gasteiger partial charge in [0, 0.05) is 19.3 Å². The highest BCUT2D eigenvalue weighted by Crippen LogP contribution is 2.33. The molecule has 32 heavy (non-hydrogen) atoms. The molecule has 0 atom stereocenters. The predicted molar refractivity (Wildman–Crippen MR) is 124 cm³/mol. The summed E-state index contributed by atoms with van der Waals surface area (Å²) in [5.41, 5.74) is 0.829. The van der Waals surface area contributed by atoms with Crippen LogP contribution in [-0.2, 0) is 4.74 Å². The summed E-state index contributed by atoms with van der Waals surface area (Å²) >= 11 is 0. The molecule has 1 saturated carbocycles. The van der Waals surface area contributed by atoms with Crippen LogP contribution in [0.1, 0.15) is 58.3 Å². The summed E-state index contributed by atoms with van der Waals surface area (Å²) < 4.78 is 45.4. The van der Waals surface area contributed by atoms with E-state index in [9.17, 15) is 8.78 Å². The Labute approximate surface area is 191 Å². The van der Waals surface area contributed by atoms with E-state index >= 15 is 0 Å². The summed E-state index contributed by atoms with van der Waals surface area (Å²) in [5.74, 6) is 0.360. The lowest BCUT2D eigenvalue weighted by Crippen LogP contribution is -2.20. The molecule has 0 radical (unpaired) electrons. The number of ether oxygens (including phenoxy) is 3. The lowest BCUT2D eigenvalue weighted by atomic mass is 9.80. The van der Waals surface area contributed by atoms with E-state index in [2.05, 4.69) is 6.92 Å². The van der Waals surface area contributed by atoms with Crippen molar-refractivity contribution in [3.63, 3.8) is 0 Å². The maximum Gasteiger partial charge on any atom is 0.201 e. The van der Waals surface area contributed by atoms with Gasteiger partial charge in [-0.2, -0.15) is 4.39 Å². The summed E-state index contributed by atoms with van der Waals surface area (Å²) in [5, 5.41) is 0. The van der Waals surface area contributed by atoms with Gasteiger partial charge in [-0.25, -0.2) is 4.39 Å². The molecule has 2 aromatic rings. The van der Waals surface area contributed by atoms with Gasteiger partial charge in [0.25, 0.3) is 0 Å². The van der Waals surface area contributed by atoms with Gasteiger partial charge in [-0.05, 0) is 67.3 Å². The largest absolute Gasteiger partial charge is 0.493 e. The summed E-state index contributed by atoms with van der Waals surface area (Å²) in [6, 6.07) is 10.3. The van der Waals surface area contributed by atoms with E-state index in [-0.39, 0.29) is 11.3 Å². The van der Waals surface area contributed by atoms with Crippen molar-refractivity contribution in [2.24, 2.45) is 11.8 Å². The van der Waals surface area contributed by atoms with Crippen LogP contribution in [0.3, 0.4) is 0 Å². The molecule has 1 aliphatic carbocycles. The first-order chi connectivity index (χ1) is 15.6. The Morgan fingerprint density at radius 3 is 2.19 bits per heavy atom. The highest BCUT2D eigenvalue weighted by molar-refractivity contribution is 5.66. The van der Waals surface area contributed by atoms with Crippen LogP contribution in [0.15, 0.2) is 36.4 Å². The zero-order valence-corrected chi connectivity index (χ0v) is 19.4. The molecule has 3 nitrogen and oxygen atoms in total. The Balaban J connectivity index is 1.52. The van der Waals surface area contributed by atoms with E-state index in [4.69, 9.17) is 14.2 Å². The van der Waals surface area contributed by atoms with E-state index in [0.29, 0.717) is 24.7 Å². The number of benzene rings is 2. The minimum Gasteiger partial charge on any atom is -0.493 e. The quantitative estimate of drug-likeness (QED) is 0.317. The van der Waals surface area contributed by atoms with Crippen LogP contribution < -0.4 is 9.47 Å². The molecule has 176 valence electrons. The standard InChI is InChI=1S/C27H36F2O3/c1-3-6-20-7-9-21(10-8-20)19-32-23-13-11-22(12-14-23)24-15-16-25(27(29)26(24)28)31-18-5-4-17-30-2/h11-16,20-21H,3-10,17-19H2,1-2H3. The normalized spacial score (nSPS) is 18.5. The summed E-state index contributed by atoms with van der Waals surface area (Å²) in [4.78, 5) is 0. The van der Waals surface area contributed by atoms with E-state index in [1.807, 2.05) is 12.1 Å². The Hall–Kier alpha value is -2.14. The third-order valence-electron chi connectivity index (χ3n) is 6.36. The molecule has 0 aromatic heterocycles. The van der Waals surface area contributed by atoms with Crippen molar-refractivity contribution in [1.82, 2.24) is 0 Å². The molecule has 0 spiro atoms. The fourth-order valence-corrected chi connectivity index (χ4v) is 4.44. The summed E-state index contributed by atoms with van der Waals surface area (Å²) in [6.07, 6.45) is 9.21. The van der Waals surface area contributed by atoms with Crippen molar-refractivity contribution in [2.45, 2.75) is 58.3 Å². The zero-order valence-electron chi connectivity index (χ0n) is 19.4. The monoisotopic (exact) mass is 446 g/mol. The molecule has 0 amide bonds. The number of halogens is 2. The van der Waals surface area contributed by atoms with Gasteiger partial charge < -0.3 is 14.2 Å². The number of rotatable bonds is 12. The molecule has 0 aliphatic heterocycles. The van der Waals surface area contributed by atoms with Crippen molar-refractivity contribution in [3.8, 4) is 22.6 Å². The highest BCUT2D eigenvalue weighted by atomic mass is 19.2. The van der Waals surface area contributed by atoms with E-state index in [1.54, 1.807) is 25.3 Å². The van der Waals surface area contributed by atoms with Crippen LogP contribution in [0, 0.1) is 23.5 Å². The first-order valence-electron chi connectivity index (χ1n) is 11.9. The van der Waals surface area contributed by atoms with Gasteiger partial charge in [-0.3, -0.25) is 0 Å². The van der Waals surface area contributed by atoms with Crippen LogP contribution in [0.25, 0.3) is 11.1 Å². The lowest BCUT2D eigenvalue weighted by Gasteiger charge is -2.28. The van der Waals surface area contributed by atoms with Crippen LogP contribution >= 0.6 is 0 Å². The van der Waals surface area contributed by atoms with E-state index in [1.165, 1.54) is 44.6 Å². The molecule has 0 unspecified atom stereocenters. The van der Waals surface area contributed by atoms with Gasteiger partial charge in [-0.1, -0.05) is 44.7 Å². The van der Waals surface area contributed by atoms with Gasteiger partial charge in [0.2, 0.25) is 5.82 Å². The van der Waals surface area contributed by atoms with Crippen LogP contribution in [0.4, 0.5) is 8.78 Å². The molecule has 1 aliphatic rings. The second-order valence-corrected chi connectivity index (χ2v) is 8.80. The topological polar surface area (TPSA) is 27.7 Å². The molecular weight excluding hydrogens is 410 g/mol. The van der Waals surface area contributed by atoms with Crippen molar-refractivity contribution in [1.29, 1.82) is 0 Å². The Kier molecular flexibility index (Phi) is 9.79. The molecule has 0 bridgehead atoms. The minimum atomic E-state index is -0.951. The smallest absolute Gasteiger partial charge is 0.201 e. The van der Waals surface area contributed by atoms with Crippen molar-refractivity contribution >= 4 is 0 Å². The average molecular weight is 447 g/mol. The highest BCUT2D eigenvalue weighted by Gasteiger charge is 2.21. The fourth-order valence-electron chi connectivity index (χ4n) is 4.44. The first-order valence-corrected chi connectivity index (χ1v) is 11.9. The molecule has 0 N–H and O–H groups in total. The molecule has 0 heterocycles. The number of hydrogen-bond acceptors (Lipinski definition) is 3. The summed E-state index contributed by atoms with van der Waals surface area (Å²) in [6.45, 7) is 3.93. The minimum absolute atomic E-state index is 0.0581. The Bertz CT molecular complexity index is 814. The van der Waals surface area contributed by atoms with E-state index < -0.39 is 11.6 Å². The SMILES string of the molecule is CCCC1CCC(COc2ccc(-c3ccc(OCCCCOC)c(F)c3F)cc2)CC1. The van der Waals surface area contributed by atoms with Gasteiger partial charge >= 0.3 is 0 Å². The molecule has 2 aromatic carbocycles. The van der Waals surface area contributed by atoms with Crippen molar-refractivity contribution in [2.75, 3.05) is 26.9 Å². The molecule has 0 saturated heterocycles. The number of hydrogen-bond donors (Lipinski definition) is 0. The number of methoxy groups -OCH3 is 1. The van der Waals surface area contributed by atoms with E-state index in [0.717, 1.165) is 31.1 Å².